The van der Waals surface area contributed by atoms with Crippen molar-refractivity contribution in [3.63, 3.8) is 0 Å². The van der Waals surface area contributed by atoms with Crippen LogP contribution in [0.15, 0.2) is 30.6 Å². The van der Waals surface area contributed by atoms with Gasteiger partial charge in [0.25, 0.3) is 5.91 Å². The van der Waals surface area contributed by atoms with Crippen molar-refractivity contribution in [1.82, 2.24) is 20.2 Å². The molecule has 4 N–H and O–H groups in total. The van der Waals surface area contributed by atoms with Crippen LogP contribution >= 0.6 is 0 Å². The van der Waals surface area contributed by atoms with Crippen molar-refractivity contribution in [2.45, 2.75) is 0 Å². The number of carbonyl (C=O) groups excluding carboxylic acids is 1. The van der Waals surface area contributed by atoms with E-state index in [1.54, 1.807) is 12.1 Å². The van der Waals surface area contributed by atoms with Gasteiger partial charge in [0.15, 0.2) is 11.6 Å². The molecule has 0 saturated carbocycles. The van der Waals surface area contributed by atoms with Gasteiger partial charge in [0, 0.05) is 56.9 Å². The second kappa shape index (κ2) is 8.54. The molecule has 0 aliphatic carbocycles. The van der Waals surface area contributed by atoms with E-state index >= 15 is 0 Å². The van der Waals surface area contributed by atoms with Crippen molar-refractivity contribution in [3.05, 3.63) is 42.0 Å². The molecule has 0 atom stereocenters. The number of piperazine rings is 1. The van der Waals surface area contributed by atoms with Crippen LogP contribution in [0.5, 0.6) is 5.75 Å². The highest BCUT2D eigenvalue weighted by molar-refractivity contribution is 5.92. The molecule has 0 unspecified atom stereocenters. The average molecular weight is 360 g/mol. The van der Waals surface area contributed by atoms with E-state index in [1.165, 1.54) is 18.5 Å². The third kappa shape index (κ3) is 4.87. The topological polar surface area (TPSA) is 105 Å². The van der Waals surface area contributed by atoms with Crippen LogP contribution < -0.4 is 21.1 Å². The van der Waals surface area contributed by atoms with E-state index in [-0.39, 0.29) is 17.3 Å². The molecule has 2 heterocycles. The standard InChI is InChI=1S/C17H21FN6O2/c18-14-9-13(23-17-21-10-12(11-22-17)16(19)25)1-2-15(14)26-8-7-24-5-3-20-4-6-24/h1-2,9-11,20H,3-8H2,(H2,19,25)(H,21,22,23). The first-order valence-electron chi connectivity index (χ1n) is 8.36. The summed E-state index contributed by atoms with van der Waals surface area (Å²) in [5.41, 5.74) is 5.81. The van der Waals surface area contributed by atoms with Gasteiger partial charge in [-0.1, -0.05) is 0 Å². The number of benzene rings is 1. The molecule has 1 aliphatic heterocycles. The number of halogens is 1. The number of ether oxygens (including phenoxy) is 1. The summed E-state index contributed by atoms with van der Waals surface area (Å²) in [5, 5.41) is 6.14. The molecule has 0 bridgehead atoms. The zero-order valence-electron chi connectivity index (χ0n) is 14.2. The van der Waals surface area contributed by atoms with E-state index in [0.717, 1.165) is 32.7 Å². The Kier molecular flexibility index (Phi) is 5.92. The molecule has 0 radical (unpaired) electrons. The largest absolute Gasteiger partial charge is 0.489 e. The van der Waals surface area contributed by atoms with Crippen molar-refractivity contribution in [3.8, 4) is 5.75 Å². The number of nitrogens with one attached hydrogen (secondary N) is 2. The summed E-state index contributed by atoms with van der Waals surface area (Å²) in [7, 11) is 0. The number of hydrogen-bond donors (Lipinski definition) is 3. The van der Waals surface area contributed by atoms with Gasteiger partial charge in [-0.3, -0.25) is 9.69 Å². The van der Waals surface area contributed by atoms with Gasteiger partial charge in [-0.25, -0.2) is 14.4 Å². The molecule has 1 saturated heterocycles. The monoisotopic (exact) mass is 360 g/mol. The Bertz CT molecular complexity index is 749. The highest BCUT2D eigenvalue weighted by Gasteiger charge is 2.11. The SMILES string of the molecule is NC(=O)c1cnc(Nc2ccc(OCCN3CCNCC3)c(F)c2)nc1. The minimum Gasteiger partial charge on any atom is -0.489 e. The molecule has 1 amide bonds. The van der Waals surface area contributed by atoms with Crippen LogP contribution in [-0.2, 0) is 0 Å². The maximum Gasteiger partial charge on any atom is 0.251 e. The van der Waals surface area contributed by atoms with Crippen LogP contribution in [0.25, 0.3) is 0 Å². The molecular weight excluding hydrogens is 339 g/mol. The smallest absolute Gasteiger partial charge is 0.251 e. The molecule has 8 nitrogen and oxygen atoms in total. The minimum absolute atomic E-state index is 0.204. The molecule has 2 aromatic rings. The van der Waals surface area contributed by atoms with Crippen LogP contribution in [0.1, 0.15) is 10.4 Å². The summed E-state index contributed by atoms with van der Waals surface area (Å²) in [6.07, 6.45) is 2.61. The summed E-state index contributed by atoms with van der Waals surface area (Å²) < 4.78 is 19.7. The minimum atomic E-state index is -0.607. The van der Waals surface area contributed by atoms with Crippen LogP contribution in [0.3, 0.4) is 0 Å². The Labute approximate surface area is 150 Å². The maximum absolute atomic E-state index is 14.2. The predicted octanol–water partition coefficient (Wildman–Crippen LogP) is 0.742. The Balaban J connectivity index is 1.54. The molecule has 1 aromatic carbocycles. The number of carbonyl (C=O) groups is 1. The summed E-state index contributed by atoms with van der Waals surface area (Å²) in [4.78, 5) is 21.2. The number of rotatable bonds is 7. The lowest BCUT2D eigenvalue weighted by Crippen LogP contribution is -2.44. The number of primary amides is 1. The van der Waals surface area contributed by atoms with Gasteiger partial charge >= 0.3 is 0 Å². The van der Waals surface area contributed by atoms with Gasteiger partial charge in [-0.2, -0.15) is 0 Å². The van der Waals surface area contributed by atoms with Gasteiger partial charge in [0.2, 0.25) is 5.95 Å². The fraction of sp³-hybridized carbons (Fsp3) is 0.353. The second-order valence-electron chi connectivity index (χ2n) is 5.87. The van der Waals surface area contributed by atoms with Gasteiger partial charge in [0.05, 0.1) is 5.56 Å². The number of nitrogens with two attached hydrogens (primary N) is 1. The zero-order chi connectivity index (χ0) is 18.4. The van der Waals surface area contributed by atoms with Gasteiger partial charge in [-0.15, -0.1) is 0 Å². The summed E-state index contributed by atoms with van der Waals surface area (Å²) in [6.45, 7) is 5.09. The van der Waals surface area contributed by atoms with Crippen molar-refractivity contribution in [2.75, 3.05) is 44.6 Å². The third-order valence-corrected chi connectivity index (χ3v) is 4.00. The number of amides is 1. The summed E-state index contributed by atoms with van der Waals surface area (Å²) >= 11 is 0. The molecule has 1 aromatic heterocycles. The highest BCUT2D eigenvalue weighted by atomic mass is 19.1. The third-order valence-electron chi connectivity index (χ3n) is 4.00. The lowest BCUT2D eigenvalue weighted by atomic mass is 10.3. The molecule has 0 spiro atoms. The molecule has 9 heteroatoms. The average Bonchev–Trinajstić information content (AvgIpc) is 2.65. The predicted molar refractivity (Wildman–Crippen MR) is 95.0 cm³/mol. The van der Waals surface area contributed by atoms with Crippen molar-refractivity contribution in [2.24, 2.45) is 5.73 Å². The van der Waals surface area contributed by atoms with Gasteiger partial charge in [0.1, 0.15) is 6.61 Å². The number of aromatic nitrogens is 2. The van der Waals surface area contributed by atoms with Gasteiger partial charge < -0.3 is 21.1 Å². The van der Waals surface area contributed by atoms with E-state index < -0.39 is 11.7 Å². The molecule has 138 valence electrons. The lowest BCUT2D eigenvalue weighted by Gasteiger charge is -2.26. The second-order valence-corrected chi connectivity index (χ2v) is 5.87. The number of anilines is 2. The number of nitrogens with zero attached hydrogens (tertiary/aromatic N) is 3. The van der Waals surface area contributed by atoms with Crippen molar-refractivity contribution in [1.29, 1.82) is 0 Å². The number of hydrogen-bond acceptors (Lipinski definition) is 7. The van der Waals surface area contributed by atoms with Crippen LogP contribution in [-0.4, -0.2) is 60.1 Å². The van der Waals surface area contributed by atoms with E-state index in [9.17, 15) is 9.18 Å². The van der Waals surface area contributed by atoms with E-state index in [0.29, 0.717) is 12.3 Å². The molecular formula is C17H21FN6O2. The van der Waals surface area contributed by atoms with E-state index in [1.807, 2.05) is 0 Å². The van der Waals surface area contributed by atoms with E-state index in [2.05, 4.69) is 25.5 Å². The first-order valence-corrected chi connectivity index (χ1v) is 8.36. The summed E-state index contributed by atoms with van der Waals surface area (Å²) in [6, 6.07) is 4.55. The quantitative estimate of drug-likeness (QED) is 0.669. The first kappa shape index (κ1) is 18.0. The first-order chi connectivity index (χ1) is 12.6. The zero-order valence-corrected chi connectivity index (χ0v) is 14.2. The van der Waals surface area contributed by atoms with Crippen LogP contribution in [0, 0.1) is 5.82 Å². The maximum atomic E-state index is 14.2. The Hall–Kier alpha value is -2.78. The molecule has 1 aliphatic rings. The fourth-order valence-corrected chi connectivity index (χ4v) is 2.56. The fourth-order valence-electron chi connectivity index (χ4n) is 2.56. The van der Waals surface area contributed by atoms with E-state index in [4.69, 9.17) is 10.5 Å². The normalized spacial score (nSPS) is 14.8. The van der Waals surface area contributed by atoms with Crippen LogP contribution in [0.4, 0.5) is 16.0 Å². The highest BCUT2D eigenvalue weighted by Crippen LogP contribution is 2.22. The summed E-state index contributed by atoms with van der Waals surface area (Å²) in [5.74, 6) is -0.633. The van der Waals surface area contributed by atoms with Crippen LogP contribution in [0.2, 0.25) is 0 Å². The molecule has 3 rings (SSSR count). The van der Waals surface area contributed by atoms with Crippen molar-refractivity contribution < 1.29 is 13.9 Å². The van der Waals surface area contributed by atoms with Gasteiger partial charge in [-0.05, 0) is 12.1 Å². The Morgan fingerprint density at radius 3 is 2.69 bits per heavy atom. The van der Waals surface area contributed by atoms with Crippen molar-refractivity contribution >= 4 is 17.5 Å². The Morgan fingerprint density at radius 2 is 2.04 bits per heavy atom. The lowest BCUT2D eigenvalue weighted by molar-refractivity contribution is 0.0999. The molecule has 26 heavy (non-hydrogen) atoms. The Morgan fingerprint density at radius 1 is 1.31 bits per heavy atom. The molecule has 1 fully saturated rings.